The third-order valence-electron chi connectivity index (χ3n) is 4.81. The van der Waals surface area contributed by atoms with Gasteiger partial charge in [0.25, 0.3) is 0 Å². The van der Waals surface area contributed by atoms with Gasteiger partial charge in [-0.3, -0.25) is 9.59 Å². The summed E-state index contributed by atoms with van der Waals surface area (Å²) in [5.74, 6) is -1.69. The fourth-order valence-corrected chi connectivity index (χ4v) is 3.22. The largest absolute Gasteiger partial charge is 0.366 e. The maximum Gasteiger partial charge on any atom is 0.241 e. The minimum absolute atomic E-state index is 0.0609. The monoisotopic (exact) mass is 410 g/mol. The number of carbonyl (C=O) groups is 2. The average Bonchev–Trinajstić information content (AvgIpc) is 3.19. The number of carbonyl (C=O) groups excluding carboxylic acids is 2. The van der Waals surface area contributed by atoms with Crippen molar-refractivity contribution in [3.63, 3.8) is 0 Å². The van der Waals surface area contributed by atoms with Crippen molar-refractivity contribution < 1.29 is 14.0 Å². The molecule has 150 valence electrons. The third-order valence-corrected chi connectivity index (χ3v) is 4.81. The van der Waals surface area contributed by atoms with E-state index in [0.29, 0.717) is 27.9 Å². The molecule has 0 saturated heterocycles. The van der Waals surface area contributed by atoms with Crippen LogP contribution in [0, 0.1) is 17.1 Å². The Morgan fingerprint density at radius 1 is 1.10 bits per heavy atom. The number of hydrogen-bond acceptors (Lipinski definition) is 4. The zero-order valence-electron chi connectivity index (χ0n) is 16.1. The molecule has 31 heavy (non-hydrogen) atoms. The van der Waals surface area contributed by atoms with Gasteiger partial charge in [-0.1, -0.05) is 6.07 Å². The molecule has 2 heterocycles. The lowest BCUT2D eigenvalue weighted by Crippen LogP contribution is -2.05. The second-order valence-electron chi connectivity index (χ2n) is 6.81. The number of primary amides is 1. The number of amides is 1. The van der Waals surface area contributed by atoms with Crippen molar-refractivity contribution in [2.45, 2.75) is 0 Å². The number of rotatable bonds is 5. The molecule has 0 atom stereocenters. The van der Waals surface area contributed by atoms with Gasteiger partial charge >= 0.3 is 0 Å². The maximum atomic E-state index is 14.8. The first-order valence-corrected chi connectivity index (χ1v) is 9.25. The molecule has 2 aromatic carbocycles. The SMILES string of the molecule is N#Cc1ccc(C(=O)c2ccc(-c3cnc4[nH]cc(C=CC(N)=O)c4c3)cc2F)cc1. The molecule has 0 aliphatic heterocycles. The molecule has 3 N–H and O–H groups in total. The number of nitriles is 1. The van der Waals surface area contributed by atoms with Gasteiger partial charge in [-0.15, -0.1) is 0 Å². The van der Waals surface area contributed by atoms with Crippen LogP contribution < -0.4 is 5.73 Å². The summed E-state index contributed by atoms with van der Waals surface area (Å²) >= 11 is 0. The Labute approximate surface area is 176 Å². The van der Waals surface area contributed by atoms with Crippen LogP contribution in [0.3, 0.4) is 0 Å². The van der Waals surface area contributed by atoms with E-state index in [1.165, 1.54) is 42.5 Å². The van der Waals surface area contributed by atoms with Gasteiger partial charge in [-0.2, -0.15) is 5.26 Å². The van der Waals surface area contributed by atoms with Crippen LogP contribution in [0.15, 0.2) is 67.0 Å². The Hall–Kier alpha value is -4.57. The van der Waals surface area contributed by atoms with Crippen LogP contribution in [0.4, 0.5) is 4.39 Å². The van der Waals surface area contributed by atoms with Crippen molar-refractivity contribution >= 4 is 28.8 Å². The molecule has 0 fully saturated rings. The number of hydrogen-bond donors (Lipinski definition) is 2. The quantitative estimate of drug-likeness (QED) is 0.383. The summed E-state index contributed by atoms with van der Waals surface area (Å²) in [6.07, 6.45) is 6.11. The van der Waals surface area contributed by atoms with Crippen molar-refractivity contribution in [1.29, 1.82) is 5.26 Å². The summed E-state index contributed by atoms with van der Waals surface area (Å²) in [6, 6.07) is 14.2. The molecule has 6 nitrogen and oxygen atoms in total. The van der Waals surface area contributed by atoms with Crippen molar-refractivity contribution in [2.75, 3.05) is 0 Å². The third kappa shape index (κ3) is 3.95. The van der Waals surface area contributed by atoms with Crippen molar-refractivity contribution in [3.8, 4) is 17.2 Å². The summed E-state index contributed by atoms with van der Waals surface area (Å²) < 4.78 is 14.8. The molecule has 0 unspecified atom stereocenters. The molecule has 7 heteroatoms. The average molecular weight is 410 g/mol. The number of nitrogens with zero attached hydrogens (tertiary/aromatic N) is 2. The number of aromatic amines is 1. The summed E-state index contributed by atoms with van der Waals surface area (Å²) in [5, 5.41) is 9.61. The first kappa shape index (κ1) is 19.7. The lowest BCUT2D eigenvalue weighted by Gasteiger charge is -2.07. The molecule has 0 radical (unpaired) electrons. The highest BCUT2D eigenvalue weighted by Crippen LogP contribution is 2.27. The molecular formula is C24H15FN4O2. The van der Waals surface area contributed by atoms with Crippen LogP contribution in [0.5, 0.6) is 0 Å². The summed E-state index contributed by atoms with van der Waals surface area (Å²) in [4.78, 5) is 31.0. The molecule has 0 aliphatic rings. The van der Waals surface area contributed by atoms with Gasteiger partial charge < -0.3 is 10.7 Å². The number of fused-ring (bicyclic) bond motifs is 1. The number of H-pyrrole nitrogens is 1. The highest BCUT2D eigenvalue weighted by Gasteiger charge is 2.15. The van der Waals surface area contributed by atoms with Crippen LogP contribution in [0.2, 0.25) is 0 Å². The second-order valence-corrected chi connectivity index (χ2v) is 6.81. The zero-order valence-corrected chi connectivity index (χ0v) is 16.1. The van der Waals surface area contributed by atoms with E-state index in [9.17, 15) is 14.0 Å². The molecule has 1 amide bonds. The number of aromatic nitrogens is 2. The Morgan fingerprint density at radius 2 is 1.87 bits per heavy atom. The fraction of sp³-hybridized carbons (Fsp3) is 0. The predicted octanol–water partition coefficient (Wildman–Crippen LogP) is 3.97. The van der Waals surface area contributed by atoms with E-state index in [2.05, 4.69) is 9.97 Å². The number of benzene rings is 2. The molecule has 2 aromatic heterocycles. The number of nitrogens with one attached hydrogen (secondary N) is 1. The maximum absolute atomic E-state index is 14.8. The summed E-state index contributed by atoms with van der Waals surface area (Å²) in [7, 11) is 0. The van der Waals surface area contributed by atoms with Crippen LogP contribution >= 0.6 is 0 Å². The lowest BCUT2D eigenvalue weighted by molar-refractivity contribution is -0.113. The normalized spacial score (nSPS) is 11.0. The van der Waals surface area contributed by atoms with Crippen molar-refractivity contribution in [3.05, 3.63) is 95.1 Å². The topological polar surface area (TPSA) is 113 Å². The highest BCUT2D eigenvalue weighted by atomic mass is 19.1. The van der Waals surface area contributed by atoms with Crippen molar-refractivity contribution in [1.82, 2.24) is 9.97 Å². The second kappa shape index (κ2) is 8.05. The van der Waals surface area contributed by atoms with Crippen molar-refractivity contribution in [2.24, 2.45) is 5.73 Å². The molecule has 0 spiro atoms. The van der Waals surface area contributed by atoms with Crippen LogP contribution in [-0.4, -0.2) is 21.7 Å². The van der Waals surface area contributed by atoms with Gasteiger partial charge in [0.15, 0.2) is 5.78 Å². The first-order chi connectivity index (χ1) is 15.0. The van der Waals surface area contributed by atoms with Gasteiger partial charge in [-0.25, -0.2) is 9.37 Å². The smallest absolute Gasteiger partial charge is 0.241 e. The molecule has 0 bridgehead atoms. The Morgan fingerprint density at radius 3 is 2.55 bits per heavy atom. The van der Waals surface area contributed by atoms with E-state index in [1.807, 2.05) is 12.1 Å². The minimum atomic E-state index is -0.658. The minimum Gasteiger partial charge on any atom is -0.366 e. The summed E-state index contributed by atoms with van der Waals surface area (Å²) in [5.41, 5.74) is 8.34. The van der Waals surface area contributed by atoms with Gasteiger partial charge in [0, 0.05) is 40.5 Å². The molecule has 4 rings (SSSR count). The van der Waals surface area contributed by atoms with Gasteiger partial charge in [0.1, 0.15) is 11.5 Å². The fourth-order valence-electron chi connectivity index (χ4n) is 3.22. The Bertz CT molecular complexity index is 1400. The van der Waals surface area contributed by atoms with Crippen LogP contribution in [-0.2, 0) is 4.79 Å². The van der Waals surface area contributed by atoms with Crippen LogP contribution in [0.1, 0.15) is 27.0 Å². The van der Waals surface area contributed by atoms with Gasteiger partial charge in [0.2, 0.25) is 5.91 Å². The summed E-state index contributed by atoms with van der Waals surface area (Å²) in [6.45, 7) is 0. The van der Waals surface area contributed by atoms with Gasteiger partial charge in [0.05, 0.1) is 17.2 Å². The number of nitrogens with two attached hydrogens (primary N) is 1. The molecule has 0 aliphatic carbocycles. The van der Waals surface area contributed by atoms with E-state index in [4.69, 9.17) is 11.0 Å². The van der Waals surface area contributed by atoms with Gasteiger partial charge in [-0.05, 0) is 54.1 Å². The van der Waals surface area contributed by atoms with E-state index in [0.717, 1.165) is 10.9 Å². The number of halogens is 1. The zero-order chi connectivity index (χ0) is 22.0. The van der Waals surface area contributed by atoms with E-state index >= 15 is 0 Å². The Kier molecular flexibility index (Phi) is 5.12. The number of pyridine rings is 1. The first-order valence-electron chi connectivity index (χ1n) is 9.25. The lowest BCUT2D eigenvalue weighted by atomic mass is 9.98. The standard InChI is InChI=1S/C24H15FN4O2/c25-21-10-16(5-7-19(21)23(31)15-3-1-14(11-26)2-4-15)18-9-20-17(6-8-22(27)30)12-28-24(20)29-13-18/h1-10,12-13H,(H2,27,30)(H,28,29). The molecule has 4 aromatic rings. The molecular weight excluding hydrogens is 395 g/mol. The predicted molar refractivity (Wildman–Crippen MR) is 114 cm³/mol. The van der Waals surface area contributed by atoms with Crippen LogP contribution in [0.25, 0.3) is 28.2 Å². The Balaban J connectivity index is 1.68. The highest BCUT2D eigenvalue weighted by molar-refractivity contribution is 6.09. The number of ketones is 1. The van der Waals surface area contributed by atoms with E-state index < -0.39 is 17.5 Å². The van der Waals surface area contributed by atoms with E-state index in [-0.39, 0.29) is 5.56 Å². The van der Waals surface area contributed by atoms with E-state index in [1.54, 1.807) is 24.5 Å². The molecule has 0 saturated carbocycles.